The number of halogens is 2. The molecule has 0 bridgehead atoms. The Balaban J connectivity index is 1.67. The van der Waals surface area contributed by atoms with E-state index in [9.17, 15) is 18.4 Å². The molecule has 23 heavy (non-hydrogen) atoms. The van der Waals surface area contributed by atoms with Gasteiger partial charge in [0.15, 0.2) is 0 Å². The lowest BCUT2D eigenvalue weighted by atomic mass is 9.87. The number of ether oxygens (including phenoxy) is 1. The Morgan fingerprint density at radius 1 is 1.30 bits per heavy atom. The number of carbonyl (C=O) groups excluding carboxylic acids is 2. The quantitative estimate of drug-likeness (QED) is 0.844. The lowest BCUT2D eigenvalue weighted by Crippen LogP contribution is -2.55. The number of benzene rings is 1. The van der Waals surface area contributed by atoms with Crippen LogP contribution in [0.3, 0.4) is 0 Å². The normalized spacial score (nSPS) is 21.4. The molecule has 5 nitrogen and oxygen atoms in total. The first-order chi connectivity index (χ1) is 11.0. The van der Waals surface area contributed by atoms with Gasteiger partial charge in [0.1, 0.15) is 0 Å². The number of alkyl halides is 2. The molecule has 1 aromatic carbocycles. The van der Waals surface area contributed by atoms with Crippen LogP contribution in [0, 0.1) is 5.92 Å². The monoisotopic (exact) mass is 324 g/mol. The van der Waals surface area contributed by atoms with Crippen LogP contribution in [0.4, 0.5) is 8.78 Å². The molecule has 0 N–H and O–H groups in total. The SMILES string of the molecule is CN1CC(C(=O)N2CC(COC(F)F)C2)c2ccccc2C1=O. The van der Waals surface area contributed by atoms with Crippen LogP contribution in [-0.2, 0) is 9.53 Å². The molecule has 0 saturated carbocycles. The van der Waals surface area contributed by atoms with E-state index in [4.69, 9.17) is 0 Å². The zero-order chi connectivity index (χ0) is 16.6. The minimum Gasteiger partial charge on any atom is -0.341 e. The first-order valence-corrected chi connectivity index (χ1v) is 7.50. The van der Waals surface area contributed by atoms with Gasteiger partial charge in [-0.15, -0.1) is 0 Å². The maximum absolute atomic E-state index is 12.7. The van der Waals surface area contributed by atoms with E-state index in [0.29, 0.717) is 25.2 Å². The lowest BCUT2D eigenvalue weighted by Gasteiger charge is -2.42. The highest BCUT2D eigenvalue weighted by molar-refractivity contribution is 6.00. The van der Waals surface area contributed by atoms with Crippen molar-refractivity contribution in [2.75, 3.05) is 33.3 Å². The highest BCUT2D eigenvalue weighted by atomic mass is 19.3. The van der Waals surface area contributed by atoms with E-state index in [1.165, 1.54) is 0 Å². The molecular weight excluding hydrogens is 306 g/mol. The van der Waals surface area contributed by atoms with Gasteiger partial charge in [0.05, 0.1) is 12.5 Å². The highest BCUT2D eigenvalue weighted by Gasteiger charge is 2.39. The van der Waals surface area contributed by atoms with Crippen molar-refractivity contribution >= 4 is 11.8 Å². The Hall–Kier alpha value is -2.02. The Bertz CT molecular complexity index is 617. The molecule has 2 aliphatic rings. The summed E-state index contributed by atoms with van der Waals surface area (Å²) in [5, 5.41) is 0. The molecule has 2 amide bonds. The summed E-state index contributed by atoms with van der Waals surface area (Å²) in [7, 11) is 1.67. The fraction of sp³-hybridized carbons (Fsp3) is 0.500. The molecular formula is C16H18F2N2O3. The van der Waals surface area contributed by atoms with Crippen LogP contribution >= 0.6 is 0 Å². The first-order valence-electron chi connectivity index (χ1n) is 7.50. The third-order valence-electron chi connectivity index (χ3n) is 4.39. The summed E-state index contributed by atoms with van der Waals surface area (Å²) >= 11 is 0. The Morgan fingerprint density at radius 2 is 2.00 bits per heavy atom. The second kappa shape index (κ2) is 6.23. The minimum atomic E-state index is -2.77. The third kappa shape index (κ3) is 3.06. The van der Waals surface area contributed by atoms with Gasteiger partial charge in [0.2, 0.25) is 5.91 Å². The third-order valence-corrected chi connectivity index (χ3v) is 4.39. The topological polar surface area (TPSA) is 49.9 Å². The fourth-order valence-electron chi connectivity index (χ4n) is 3.15. The molecule has 2 aliphatic heterocycles. The molecule has 1 saturated heterocycles. The second-order valence-corrected chi connectivity index (χ2v) is 6.03. The van der Waals surface area contributed by atoms with Crippen molar-refractivity contribution in [3.63, 3.8) is 0 Å². The summed E-state index contributed by atoms with van der Waals surface area (Å²) in [6.07, 6.45) is 0. The molecule has 1 aromatic rings. The van der Waals surface area contributed by atoms with E-state index in [-0.39, 0.29) is 24.3 Å². The molecule has 1 atom stereocenters. The van der Waals surface area contributed by atoms with Gasteiger partial charge in [-0.25, -0.2) is 0 Å². The molecule has 2 heterocycles. The van der Waals surface area contributed by atoms with E-state index in [2.05, 4.69) is 4.74 Å². The van der Waals surface area contributed by atoms with Crippen molar-refractivity contribution in [3.05, 3.63) is 35.4 Å². The van der Waals surface area contributed by atoms with Gasteiger partial charge in [-0.05, 0) is 11.6 Å². The average Bonchev–Trinajstić information content (AvgIpc) is 2.48. The smallest absolute Gasteiger partial charge is 0.341 e. The van der Waals surface area contributed by atoms with Crippen molar-refractivity contribution in [2.45, 2.75) is 12.5 Å². The van der Waals surface area contributed by atoms with Crippen LogP contribution < -0.4 is 0 Å². The van der Waals surface area contributed by atoms with Gasteiger partial charge in [0, 0.05) is 38.2 Å². The van der Waals surface area contributed by atoms with Crippen LogP contribution in [-0.4, -0.2) is 61.5 Å². The van der Waals surface area contributed by atoms with E-state index in [0.717, 1.165) is 5.56 Å². The fourth-order valence-corrected chi connectivity index (χ4v) is 3.15. The molecule has 0 aromatic heterocycles. The zero-order valence-electron chi connectivity index (χ0n) is 12.7. The van der Waals surface area contributed by atoms with Crippen LogP contribution in [0.15, 0.2) is 24.3 Å². The zero-order valence-corrected chi connectivity index (χ0v) is 12.7. The Labute approximate surface area is 132 Å². The van der Waals surface area contributed by atoms with Crippen molar-refractivity contribution in [3.8, 4) is 0 Å². The summed E-state index contributed by atoms with van der Waals surface area (Å²) in [6.45, 7) is -1.64. The van der Waals surface area contributed by atoms with Crippen molar-refractivity contribution < 1.29 is 23.1 Å². The number of nitrogens with zero attached hydrogens (tertiary/aromatic N) is 2. The molecule has 0 radical (unpaired) electrons. The largest absolute Gasteiger partial charge is 0.345 e. The van der Waals surface area contributed by atoms with Crippen LogP contribution in [0.5, 0.6) is 0 Å². The number of hydrogen-bond acceptors (Lipinski definition) is 3. The van der Waals surface area contributed by atoms with Gasteiger partial charge < -0.3 is 14.5 Å². The number of carbonyl (C=O) groups is 2. The van der Waals surface area contributed by atoms with E-state index < -0.39 is 12.5 Å². The van der Waals surface area contributed by atoms with Crippen molar-refractivity contribution in [1.29, 1.82) is 0 Å². The van der Waals surface area contributed by atoms with Gasteiger partial charge in [0.25, 0.3) is 5.91 Å². The number of fused-ring (bicyclic) bond motifs is 1. The molecule has 124 valence electrons. The number of likely N-dealkylation sites (tertiary alicyclic amines) is 1. The number of amides is 2. The summed E-state index contributed by atoms with van der Waals surface area (Å²) < 4.78 is 28.3. The van der Waals surface area contributed by atoms with Gasteiger partial charge >= 0.3 is 6.61 Å². The number of likely N-dealkylation sites (N-methyl/N-ethyl adjacent to an activating group) is 1. The van der Waals surface area contributed by atoms with E-state index in [1.54, 1.807) is 35.0 Å². The summed E-state index contributed by atoms with van der Waals surface area (Å²) in [5.41, 5.74) is 1.30. The molecule has 7 heteroatoms. The predicted molar refractivity (Wildman–Crippen MR) is 78.2 cm³/mol. The highest BCUT2D eigenvalue weighted by Crippen LogP contribution is 2.31. The second-order valence-electron chi connectivity index (χ2n) is 6.03. The van der Waals surface area contributed by atoms with Gasteiger partial charge in [-0.3, -0.25) is 9.59 Å². The van der Waals surface area contributed by atoms with Gasteiger partial charge in [-0.2, -0.15) is 8.78 Å². The maximum Gasteiger partial charge on any atom is 0.345 e. The summed E-state index contributed by atoms with van der Waals surface area (Å²) in [4.78, 5) is 28.0. The van der Waals surface area contributed by atoms with Crippen molar-refractivity contribution in [2.24, 2.45) is 5.92 Å². The maximum atomic E-state index is 12.7. The van der Waals surface area contributed by atoms with Crippen LogP contribution in [0.2, 0.25) is 0 Å². The van der Waals surface area contributed by atoms with E-state index in [1.807, 2.05) is 6.07 Å². The first kappa shape index (κ1) is 15.9. The minimum absolute atomic E-state index is 0.0406. The van der Waals surface area contributed by atoms with E-state index >= 15 is 0 Å². The van der Waals surface area contributed by atoms with Gasteiger partial charge in [-0.1, -0.05) is 18.2 Å². The molecule has 1 fully saturated rings. The predicted octanol–water partition coefficient (Wildman–Crippen LogP) is 1.55. The standard InChI is InChI=1S/C16H18F2N2O3/c1-19-8-13(11-4-2-3-5-12(11)14(19)21)15(22)20-6-10(7-20)9-23-16(17)18/h2-5,10,13,16H,6-9H2,1H3. The summed E-state index contributed by atoms with van der Waals surface area (Å²) in [6, 6.07) is 7.12. The number of rotatable bonds is 4. The average molecular weight is 324 g/mol. The Kier molecular flexibility index (Phi) is 4.30. The van der Waals surface area contributed by atoms with Crippen LogP contribution in [0.25, 0.3) is 0 Å². The number of hydrogen-bond donors (Lipinski definition) is 0. The lowest BCUT2D eigenvalue weighted by molar-refractivity contribution is -0.158. The van der Waals surface area contributed by atoms with Crippen LogP contribution in [0.1, 0.15) is 21.8 Å². The Morgan fingerprint density at radius 3 is 2.70 bits per heavy atom. The molecule has 1 unspecified atom stereocenters. The summed E-state index contributed by atoms with van der Waals surface area (Å²) in [5.74, 6) is -0.599. The molecule has 3 rings (SSSR count). The van der Waals surface area contributed by atoms with Crippen molar-refractivity contribution in [1.82, 2.24) is 9.80 Å². The molecule has 0 spiro atoms. The molecule has 0 aliphatic carbocycles.